The fourth-order valence-corrected chi connectivity index (χ4v) is 3.71. The largest absolute Gasteiger partial charge is 0.363 e. The monoisotopic (exact) mass is 309 g/mol. The Balaban J connectivity index is 2.36. The van der Waals surface area contributed by atoms with Crippen molar-refractivity contribution in [2.45, 2.75) is 4.21 Å². The van der Waals surface area contributed by atoms with Crippen LogP contribution in [-0.2, 0) is 10.0 Å². The maximum atomic E-state index is 11.8. The smallest absolute Gasteiger partial charge is 0.300 e. The van der Waals surface area contributed by atoms with Gasteiger partial charge in [0, 0.05) is 12.1 Å². The van der Waals surface area contributed by atoms with Crippen LogP contribution in [0.1, 0.15) is 0 Å². The third kappa shape index (κ3) is 2.44. The van der Waals surface area contributed by atoms with Crippen molar-refractivity contribution >= 4 is 44.5 Å². The SMILES string of the molecule is O=[N+]([O-])c1cc(S(=O)(=O)Nc2ccon2)sc1Cl. The molecule has 0 aliphatic rings. The summed E-state index contributed by atoms with van der Waals surface area (Å²) in [6.07, 6.45) is 1.18. The Labute approximate surface area is 109 Å². The molecule has 1 N–H and O–H groups in total. The van der Waals surface area contributed by atoms with Crippen LogP contribution in [0.25, 0.3) is 0 Å². The Bertz CT molecular complexity index is 678. The number of thiophene rings is 1. The third-order valence-electron chi connectivity index (χ3n) is 1.78. The van der Waals surface area contributed by atoms with Crippen LogP contribution in [0.3, 0.4) is 0 Å². The average Bonchev–Trinajstić information content (AvgIpc) is 2.86. The minimum Gasteiger partial charge on any atom is -0.363 e. The fraction of sp³-hybridized carbons (Fsp3) is 0. The first-order valence-electron chi connectivity index (χ1n) is 4.27. The summed E-state index contributed by atoms with van der Waals surface area (Å²) < 4.78 is 29.7. The van der Waals surface area contributed by atoms with E-state index in [-0.39, 0.29) is 14.4 Å². The van der Waals surface area contributed by atoms with Crippen molar-refractivity contribution in [1.82, 2.24) is 5.16 Å². The van der Waals surface area contributed by atoms with E-state index in [1.165, 1.54) is 12.3 Å². The molecule has 0 bridgehead atoms. The number of hydrogen-bond donors (Lipinski definition) is 1. The molecular weight excluding hydrogens is 306 g/mol. The van der Waals surface area contributed by atoms with E-state index in [4.69, 9.17) is 11.6 Å². The van der Waals surface area contributed by atoms with Gasteiger partial charge in [0.25, 0.3) is 15.7 Å². The molecule has 2 heterocycles. The number of anilines is 1. The molecule has 0 saturated heterocycles. The molecule has 0 atom stereocenters. The number of nitrogens with zero attached hydrogens (tertiary/aromatic N) is 2. The lowest BCUT2D eigenvalue weighted by Gasteiger charge is -2.00. The van der Waals surface area contributed by atoms with Crippen LogP contribution in [0.2, 0.25) is 4.34 Å². The van der Waals surface area contributed by atoms with Crippen LogP contribution < -0.4 is 4.72 Å². The van der Waals surface area contributed by atoms with Crippen molar-refractivity contribution in [3.63, 3.8) is 0 Å². The van der Waals surface area contributed by atoms with E-state index in [2.05, 4.69) is 14.4 Å². The van der Waals surface area contributed by atoms with Crippen molar-refractivity contribution < 1.29 is 17.9 Å². The first-order chi connectivity index (χ1) is 8.40. The van der Waals surface area contributed by atoms with Gasteiger partial charge >= 0.3 is 0 Å². The summed E-state index contributed by atoms with van der Waals surface area (Å²) in [7, 11) is -3.96. The molecule has 2 aromatic rings. The van der Waals surface area contributed by atoms with Crippen molar-refractivity contribution in [3.05, 3.63) is 32.8 Å². The molecule has 0 aromatic carbocycles. The van der Waals surface area contributed by atoms with Crippen LogP contribution in [0.5, 0.6) is 0 Å². The Morgan fingerprint density at radius 1 is 1.56 bits per heavy atom. The molecule has 8 nitrogen and oxygen atoms in total. The van der Waals surface area contributed by atoms with Gasteiger partial charge in [0.15, 0.2) is 10.2 Å². The molecule has 0 unspecified atom stereocenters. The molecule has 2 aromatic heterocycles. The van der Waals surface area contributed by atoms with Crippen molar-refractivity contribution in [1.29, 1.82) is 0 Å². The molecule has 0 radical (unpaired) electrons. The number of aromatic nitrogens is 1. The van der Waals surface area contributed by atoms with Crippen molar-refractivity contribution in [3.8, 4) is 0 Å². The number of hydrogen-bond acceptors (Lipinski definition) is 7. The van der Waals surface area contributed by atoms with Gasteiger partial charge in [0.2, 0.25) is 0 Å². The lowest BCUT2D eigenvalue weighted by atomic mass is 10.6. The van der Waals surface area contributed by atoms with E-state index in [1.54, 1.807) is 0 Å². The standard InChI is InChI=1S/C7H4ClN3O5S2/c8-7-4(11(12)13)3-6(17-7)18(14,15)10-5-1-2-16-9-5/h1-3H,(H,9,10). The van der Waals surface area contributed by atoms with Gasteiger partial charge in [-0.15, -0.1) is 11.3 Å². The zero-order valence-corrected chi connectivity index (χ0v) is 10.8. The summed E-state index contributed by atoms with van der Waals surface area (Å²) in [6, 6.07) is 2.18. The first-order valence-corrected chi connectivity index (χ1v) is 6.95. The van der Waals surface area contributed by atoms with E-state index < -0.39 is 20.6 Å². The Kier molecular flexibility index (Phi) is 3.24. The molecule has 0 saturated carbocycles. The van der Waals surface area contributed by atoms with E-state index in [0.29, 0.717) is 11.3 Å². The van der Waals surface area contributed by atoms with Crippen LogP contribution in [0.4, 0.5) is 11.5 Å². The number of nitrogens with one attached hydrogen (secondary N) is 1. The highest BCUT2D eigenvalue weighted by atomic mass is 35.5. The van der Waals surface area contributed by atoms with Gasteiger partial charge in [-0.25, -0.2) is 8.42 Å². The van der Waals surface area contributed by atoms with Gasteiger partial charge in [-0.1, -0.05) is 16.8 Å². The lowest BCUT2D eigenvalue weighted by Crippen LogP contribution is -2.11. The average molecular weight is 310 g/mol. The maximum absolute atomic E-state index is 11.8. The van der Waals surface area contributed by atoms with Crippen LogP contribution in [-0.4, -0.2) is 18.5 Å². The van der Waals surface area contributed by atoms with Gasteiger partial charge in [0.05, 0.1) is 4.92 Å². The second kappa shape index (κ2) is 4.55. The summed E-state index contributed by atoms with van der Waals surface area (Å²) >= 11 is 6.16. The quantitative estimate of drug-likeness (QED) is 0.683. The van der Waals surface area contributed by atoms with Crippen LogP contribution in [0, 0.1) is 10.1 Å². The van der Waals surface area contributed by atoms with E-state index in [0.717, 1.165) is 6.07 Å². The Morgan fingerprint density at radius 2 is 2.28 bits per heavy atom. The minimum atomic E-state index is -3.96. The highest BCUT2D eigenvalue weighted by Gasteiger charge is 2.25. The number of sulfonamides is 1. The van der Waals surface area contributed by atoms with E-state index >= 15 is 0 Å². The topological polar surface area (TPSA) is 115 Å². The lowest BCUT2D eigenvalue weighted by molar-refractivity contribution is -0.384. The zero-order chi connectivity index (χ0) is 13.3. The van der Waals surface area contributed by atoms with Crippen molar-refractivity contribution in [2.24, 2.45) is 0 Å². The van der Waals surface area contributed by atoms with Crippen LogP contribution >= 0.6 is 22.9 Å². The Hall–Kier alpha value is -1.65. The zero-order valence-electron chi connectivity index (χ0n) is 8.36. The molecule has 96 valence electrons. The highest BCUT2D eigenvalue weighted by molar-refractivity contribution is 7.94. The van der Waals surface area contributed by atoms with Gasteiger partial charge < -0.3 is 4.52 Å². The molecule has 11 heteroatoms. The van der Waals surface area contributed by atoms with E-state index in [9.17, 15) is 18.5 Å². The predicted molar refractivity (Wildman–Crippen MR) is 63.3 cm³/mol. The molecule has 0 aliphatic heterocycles. The van der Waals surface area contributed by atoms with Crippen molar-refractivity contribution in [2.75, 3.05) is 4.72 Å². The predicted octanol–water partition coefficient (Wildman–Crippen LogP) is 2.10. The number of rotatable bonds is 4. The molecule has 18 heavy (non-hydrogen) atoms. The van der Waals surface area contributed by atoms with Gasteiger partial charge in [-0.3, -0.25) is 14.8 Å². The molecule has 0 aliphatic carbocycles. The summed E-state index contributed by atoms with van der Waals surface area (Å²) in [6.45, 7) is 0. The molecule has 0 fully saturated rings. The molecule has 0 amide bonds. The van der Waals surface area contributed by atoms with E-state index in [1.807, 2.05) is 0 Å². The van der Waals surface area contributed by atoms with Gasteiger partial charge in [0.1, 0.15) is 10.5 Å². The molecular formula is C7H4ClN3O5S2. The number of nitro groups is 1. The summed E-state index contributed by atoms with van der Waals surface area (Å²) in [5.41, 5.74) is -0.456. The summed E-state index contributed by atoms with van der Waals surface area (Å²) in [4.78, 5) is 9.81. The maximum Gasteiger partial charge on any atom is 0.300 e. The van der Waals surface area contributed by atoms with Gasteiger partial charge in [-0.2, -0.15) is 0 Å². The minimum absolute atomic E-state index is 0.0258. The molecule has 0 spiro atoms. The van der Waals surface area contributed by atoms with Crippen LogP contribution in [0.15, 0.2) is 27.1 Å². The Morgan fingerprint density at radius 3 is 2.78 bits per heavy atom. The highest BCUT2D eigenvalue weighted by Crippen LogP contribution is 2.36. The summed E-state index contributed by atoms with van der Waals surface area (Å²) in [5, 5.41) is 13.9. The first kappa shape index (κ1) is 12.8. The van der Waals surface area contributed by atoms with Gasteiger partial charge in [-0.05, 0) is 0 Å². The third-order valence-corrected chi connectivity index (χ3v) is 4.95. The second-order valence-electron chi connectivity index (χ2n) is 2.97. The summed E-state index contributed by atoms with van der Waals surface area (Å²) in [5.74, 6) is -0.0258. The second-order valence-corrected chi connectivity index (χ2v) is 6.54. The normalized spacial score (nSPS) is 11.4. The fourth-order valence-electron chi connectivity index (χ4n) is 1.05. The molecule has 2 rings (SSSR count). The number of halogens is 1.